The van der Waals surface area contributed by atoms with Crippen LogP contribution in [0.15, 0.2) is 0 Å². The molecule has 5 nitrogen and oxygen atoms in total. The Labute approximate surface area is 122 Å². The summed E-state index contributed by atoms with van der Waals surface area (Å²) in [6.07, 6.45) is 5.05. The molecule has 2 aliphatic heterocycles. The Kier molecular flexibility index (Phi) is 3.86. The van der Waals surface area contributed by atoms with Crippen molar-refractivity contribution in [3.8, 4) is 0 Å². The van der Waals surface area contributed by atoms with Crippen molar-refractivity contribution >= 4 is 10.0 Å². The summed E-state index contributed by atoms with van der Waals surface area (Å²) >= 11 is 0. The zero-order valence-corrected chi connectivity index (χ0v) is 13.4. The number of hydrogen-bond donors (Lipinski definition) is 0. The highest BCUT2D eigenvalue weighted by Crippen LogP contribution is 2.45. The van der Waals surface area contributed by atoms with Crippen LogP contribution < -0.4 is 0 Å². The second-order valence-electron chi connectivity index (χ2n) is 7.00. The van der Waals surface area contributed by atoms with Gasteiger partial charge in [-0.05, 0) is 25.2 Å². The molecular weight excluding hydrogens is 276 g/mol. The molecule has 20 heavy (non-hydrogen) atoms. The maximum atomic E-state index is 11.8. The van der Waals surface area contributed by atoms with Gasteiger partial charge in [-0.25, -0.2) is 12.7 Å². The largest absolute Gasteiger partial charge is 0.384 e. The van der Waals surface area contributed by atoms with E-state index in [-0.39, 0.29) is 5.41 Å². The van der Waals surface area contributed by atoms with Crippen LogP contribution >= 0.6 is 0 Å². The molecule has 0 N–H and O–H groups in total. The Morgan fingerprint density at radius 3 is 2.60 bits per heavy atom. The average molecular weight is 302 g/mol. The lowest BCUT2D eigenvalue weighted by atomic mass is 9.78. The fourth-order valence-electron chi connectivity index (χ4n) is 3.98. The Balaban J connectivity index is 1.72. The summed E-state index contributed by atoms with van der Waals surface area (Å²) in [4.78, 5) is 2.55. The molecule has 1 aliphatic carbocycles. The molecule has 2 atom stereocenters. The van der Waals surface area contributed by atoms with Gasteiger partial charge < -0.3 is 9.64 Å². The first-order chi connectivity index (χ1) is 9.43. The smallest absolute Gasteiger partial charge is 0.211 e. The van der Waals surface area contributed by atoms with E-state index in [4.69, 9.17) is 4.74 Å². The Morgan fingerprint density at radius 1 is 1.30 bits per heavy atom. The molecular formula is C14H26N2O3S. The van der Waals surface area contributed by atoms with Crippen LogP contribution in [-0.4, -0.2) is 70.3 Å². The zero-order valence-electron chi connectivity index (χ0n) is 12.5. The number of ether oxygens (including phenoxy) is 1. The lowest BCUT2D eigenvalue weighted by Gasteiger charge is -2.29. The normalized spacial score (nSPS) is 36.2. The van der Waals surface area contributed by atoms with Crippen LogP contribution in [-0.2, 0) is 14.8 Å². The van der Waals surface area contributed by atoms with Crippen LogP contribution in [0.25, 0.3) is 0 Å². The van der Waals surface area contributed by atoms with Crippen molar-refractivity contribution in [3.05, 3.63) is 0 Å². The maximum absolute atomic E-state index is 11.8. The molecule has 0 aromatic heterocycles. The highest BCUT2D eigenvalue weighted by Gasteiger charge is 2.52. The summed E-state index contributed by atoms with van der Waals surface area (Å²) in [6.45, 7) is 5.42. The van der Waals surface area contributed by atoms with Gasteiger partial charge in [0.1, 0.15) is 0 Å². The minimum Gasteiger partial charge on any atom is -0.384 e. The Bertz CT molecular complexity index is 463. The van der Waals surface area contributed by atoms with Crippen LogP contribution in [0.4, 0.5) is 0 Å². The minimum absolute atomic E-state index is 0.119. The highest BCUT2D eigenvalue weighted by atomic mass is 32.2. The average Bonchev–Trinajstić information content (AvgIpc) is 2.95. The third kappa shape index (κ3) is 2.89. The molecule has 6 heteroatoms. The first-order valence-electron chi connectivity index (χ1n) is 7.59. The Hall–Kier alpha value is -0.170. The Morgan fingerprint density at radius 2 is 2.05 bits per heavy atom. The monoisotopic (exact) mass is 302 g/mol. The number of methoxy groups -OCH3 is 1. The third-order valence-electron chi connectivity index (χ3n) is 5.28. The third-order valence-corrected chi connectivity index (χ3v) is 6.53. The molecule has 1 saturated carbocycles. The number of sulfonamides is 1. The van der Waals surface area contributed by atoms with E-state index in [9.17, 15) is 8.42 Å². The van der Waals surface area contributed by atoms with Gasteiger partial charge in [0.25, 0.3) is 0 Å². The van der Waals surface area contributed by atoms with Crippen molar-refractivity contribution in [1.29, 1.82) is 0 Å². The summed E-state index contributed by atoms with van der Waals surface area (Å²) in [7, 11) is -1.31. The maximum Gasteiger partial charge on any atom is 0.211 e. The minimum atomic E-state index is -3.06. The lowest BCUT2D eigenvalue weighted by molar-refractivity contribution is 0.101. The fourth-order valence-corrected chi connectivity index (χ4v) is 4.90. The van der Waals surface area contributed by atoms with Crippen LogP contribution in [0.3, 0.4) is 0 Å². The number of likely N-dealkylation sites (tertiary alicyclic amines) is 1. The van der Waals surface area contributed by atoms with Crippen LogP contribution in [0.2, 0.25) is 0 Å². The molecule has 1 spiro atoms. The van der Waals surface area contributed by atoms with Gasteiger partial charge in [-0.1, -0.05) is 0 Å². The zero-order chi connectivity index (χ0) is 14.4. The fraction of sp³-hybridized carbons (Fsp3) is 1.00. The number of hydrogen-bond acceptors (Lipinski definition) is 4. The molecule has 0 radical (unpaired) electrons. The van der Waals surface area contributed by atoms with E-state index in [1.165, 1.54) is 25.6 Å². The molecule has 3 fully saturated rings. The van der Waals surface area contributed by atoms with Gasteiger partial charge >= 0.3 is 0 Å². The SMILES string of the molecule is COC[C@@H]1CN(CC2CC2)C[C@]12CCN(S(C)(=O)=O)C2. The van der Waals surface area contributed by atoms with Gasteiger partial charge in [-0.15, -0.1) is 0 Å². The molecule has 0 aromatic carbocycles. The first-order valence-corrected chi connectivity index (χ1v) is 9.44. The topological polar surface area (TPSA) is 49.9 Å². The molecule has 116 valence electrons. The molecule has 3 rings (SSSR count). The summed E-state index contributed by atoms with van der Waals surface area (Å²) < 4.78 is 30.6. The van der Waals surface area contributed by atoms with Crippen molar-refractivity contribution in [2.75, 3.05) is 52.7 Å². The van der Waals surface area contributed by atoms with Crippen molar-refractivity contribution < 1.29 is 13.2 Å². The standard InChI is InChI=1S/C14H26N2O3S/c1-19-9-13-8-15(7-12-3-4-12)10-14(13)5-6-16(11-14)20(2,17)18/h12-13H,3-11H2,1-2H3/t13-,14-/m0/s1. The predicted molar refractivity (Wildman–Crippen MR) is 78.0 cm³/mol. The second-order valence-corrected chi connectivity index (χ2v) is 8.98. The summed E-state index contributed by atoms with van der Waals surface area (Å²) in [5.74, 6) is 1.36. The number of nitrogens with zero attached hydrogens (tertiary/aromatic N) is 2. The molecule has 0 bridgehead atoms. The van der Waals surface area contributed by atoms with E-state index in [1.807, 2.05) is 0 Å². The van der Waals surface area contributed by atoms with Gasteiger partial charge in [0.2, 0.25) is 10.0 Å². The van der Waals surface area contributed by atoms with Gasteiger partial charge in [0.05, 0.1) is 12.9 Å². The molecule has 0 unspecified atom stereocenters. The van der Waals surface area contributed by atoms with E-state index in [1.54, 1.807) is 11.4 Å². The van der Waals surface area contributed by atoms with Crippen molar-refractivity contribution in [3.63, 3.8) is 0 Å². The summed E-state index contributed by atoms with van der Waals surface area (Å²) in [5, 5.41) is 0. The van der Waals surface area contributed by atoms with Crippen molar-refractivity contribution in [2.24, 2.45) is 17.3 Å². The highest BCUT2D eigenvalue weighted by molar-refractivity contribution is 7.88. The molecule has 0 amide bonds. The first kappa shape index (κ1) is 14.8. The predicted octanol–water partition coefficient (Wildman–Crippen LogP) is 0.626. The van der Waals surface area contributed by atoms with Crippen LogP contribution in [0, 0.1) is 17.3 Å². The van der Waals surface area contributed by atoms with E-state index in [0.29, 0.717) is 19.0 Å². The van der Waals surface area contributed by atoms with Gasteiger partial charge in [0.15, 0.2) is 0 Å². The summed E-state index contributed by atoms with van der Waals surface area (Å²) in [5.41, 5.74) is 0.119. The van der Waals surface area contributed by atoms with E-state index in [2.05, 4.69) is 4.90 Å². The van der Waals surface area contributed by atoms with Crippen molar-refractivity contribution in [2.45, 2.75) is 19.3 Å². The molecule has 0 aromatic rings. The van der Waals surface area contributed by atoms with E-state index >= 15 is 0 Å². The van der Waals surface area contributed by atoms with Crippen molar-refractivity contribution in [1.82, 2.24) is 9.21 Å². The van der Waals surface area contributed by atoms with Crippen LogP contribution in [0.1, 0.15) is 19.3 Å². The molecule has 2 heterocycles. The van der Waals surface area contributed by atoms with Gasteiger partial charge in [-0.2, -0.15) is 0 Å². The number of rotatable bonds is 5. The molecule has 2 saturated heterocycles. The molecule has 3 aliphatic rings. The van der Waals surface area contributed by atoms with Crippen LogP contribution in [0.5, 0.6) is 0 Å². The van der Waals surface area contributed by atoms with Gasteiger partial charge in [-0.3, -0.25) is 0 Å². The quantitative estimate of drug-likeness (QED) is 0.747. The van der Waals surface area contributed by atoms with Gasteiger partial charge in [0, 0.05) is 51.2 Å². The second kappa shape index (κ2) is 5.23. The van der Waals surface area contributed by atoms with E-state index < -0.39 is 10.0 Å². The summed E-state index contributed by atoms with van der Waals surface area (Å²) in [6, 6.07) is 0. The van der Waals surface area contributed by atoms with E-state index in [0.717, 1.165) is 32.0 Å². The lowest BCUT2D eigenvalue weighted by Crippen LogP contribution is -2.37.